The van der Waals surface area contributed by atoms with Crippen LogP contribution in [0.3, 0.4) is 0 Å². The summed E-state index contributed by atoms with van der Waals surface area (Å²) < 4.78 is 0. The Hall–Kier alpha value is -0.900. The molecule has 0 aromatic heterocycles. The van der Waals surface area contributed by atoms with Crippen molar-refractivity contribution in [1.29, 1.82) is 0 Å². The Morgan fingerprint density at radius 1 is 1.17 bits per heavy atom. The minimum atomic E-state index is 0.123. The molecule has 1 aliphatic heterocycles. The molecule has 2 N–H and O–H groups in total. The average molecular weight is 247 g/mol. The highest BCUT2D eigenvalue weighted by Gasteiger charge is 2.35. The van der Waals surface area contributed by atoms with Gasteiger partial charge in [0.15, 0.2) is 0 Å². The van der Waals surface area contributed by atoms with Crippen molar-refractivity contribution < 1.29 is 0 Å². The number of hydrogen-bond acceptors (Lipinski definition) is 3. The number of hydrogen-bond donors (Lipinski definition) is 2. The molecule has 18 heavy (non-hydrogen) atoms. The highest BCUT2D eigenvalue weighted by molar-refractivity contribution is 5.22. The van der Waals surface area contributed by atoms with Crippen molar-refractivity contribution >= 4 is 0 Å². The van der Waals surface area contributed by atoms with Crippen LogP contribution in [0.1, 0.15) is 25.5 Å². The maximum atomic E-state index is 3.49. The summed E-state index contributed by atoms with van der Waals surface area (Å²) in [6.07, 6.45) is 0. The largest absolute Gasteiger partial charge is 0.314 e. The van der Waals surface area contributed by atoms with E-state index in [1.807, 2.05) is 0 Å². The van der Waals surface area contributed by atoms with E-state index in [4.69, 9.17) is 0 Å². The van der Waals surface area contributed by atoms with Gasteiger partial charge in [-0.25, -0.2) is 0 Å². The maximum absolute atomic E-state index is 3.49. The number of nitrogens with one attached hydrogen (secondary N) is 2. The smallest absolute Gasteiger partial charge is 0.0499 e. The Kier molecular flexibility index (Phi) is 4.38. The Labute approximate surface area is 111 Å². The topological polar surface area (TPSA) is 27.3 Å². The first-order valence-corrected chi connectivity index (χ1v) is 6.84. The van der Waals surface area contributed by atoms with Gasteiger partial charge in [0.05, 0.1) is 0 Å². The van der Waals surface area contributed by atoms with Gasteiger partial charge in [-0.2, -0.15) is 0 Å². The Balaban J connectivity index is 2.19. The third-order valence-electron chi connectivity index (χ3n) is 4.06. The summed E-state index contributed by atoms with van der Waals surface area (Å²) in [5, 5.41) is 6.92. The van der Waals surface area contributed by atoms with Crippen LogP contribution < -0.4 is 10.6 Å². The van der Waals surface area contributed by atoms with E-state index in [0.717, 1.165) is 26.2 Å². The van der Waals surface area contributed by atoms with E-state index in [1.54, 1.807) is 0 Å². The molecule has 1 heterocycles. The highest BCUT2D eigenvalue weighted by Crippen LogP contribution is 2.30. The van der Waals surface area contributed by atoms with Crippen LogP contribution in [0.15, 0.2) is 30.3 Å². The minimum Gasteiger partial charge on any atom is -0.314 e. The van der Waals surface area contributed by atoms with Gasteiger partial charge in [0.1, 0.15) is 0 Å². The van der Waals surface area contributed by atoms with Gasteiger partial charge in [0.25, 0.3) is 0 Å². The lowest BCUT2D eigenvalue weighted by molar-refractivity contribution is 0.0699. The van der Waals surface area contributed by atoms with Crippen molar-refractivity contribution in [3.63, 3.8) is 0 Å². The van der Waals surface area contributed by atoms with Crippen LogP contribution in [-0.2, 0) is 0 Å². The Morgan fingerprint density at radius 2 is 1.78 bits per heavy atom. The summed E-state index contributed by atoms with van der Waals surface area (Å²) in [5.41, 5.74) is 1.49. The molecule has 0 saturated carbocycles. The molecule has 3 heteroatoms. The van der Waals surface area contributed by atoms with Gasteiger partial charge >= 0.3 is 0 Å². The zero-order valence-corrected chi connectivity index (χ0v) is 11.7. The summed E-state index contributed by atoms with van der Waals surface area (Å²) >= 11 is 0. The molecule has 0 amide bonds. The fourth-order valence-electron chi connectivity index (χ4n) is 3.00. The first-order valence-electron chi connectivity index (χ1n) is 6.84. The Bertz CT molecular complexity index is 355. The van der Waals surface area contributed by atoms with E-state index < -0.39 is 0 Å². The molecule has 1 saturated heterocycles. The van der Waals surface area contributed by atoms with Crippen molar-refractivity contribution in [1.82, 2.24) is 15.5 Å². The van der Waals surface area contributed by atoms with Crippen molar-refractivity contribution in [3.05, 3.63) is 35.9 Å². The molecular formula is C15H25N3. The van der Waals surface area contributed by atoms with Crippen molar-refractivity contribution in [2.45, 2.75) is 25.4 Å². The van der Waals surface area contributed by atoms with Gasteiger partial charge in [0, 0.05) is 37.8 Å². The molecule has 2 rings (SSSR count). The highest BCUT2D eigenvalue weighted by atomic mass is 15.3. The summed E-state index contributed by atoms with van der Waals surface area (Å²) in [6, 6.07) is 11.1. The van der Waals surface area contributed by atoms with Gasteiger partial charge in [0.2, 0.25) is 0 Å². The van der Waals surface area contributed by atoms with E-state index in [0.29, 0.717) is 6.04 Å². The molecule has 1 aliphatic rings. The molecule has 1 fully saturated rings. The molecule has 1 aromatic rings. The zero-order valence-electron chi connectivity index (χ0n) is 11.7. The van der Waals surface area contributed by atoms with E-state index >= 15 is 0 Å². The zero-order chi connectivity index (χ0) is 13.0. The number of nitrogens with zero attached hydrogens (tertiary/aromatic N) is 1. The van der Waals surface area contributed by atoms with Gasteiger partial charge in [-0.15, -0.1) is 0 Å². The summed E-state index contributed by atoms with van der Waals surface area (Å²) in [4.78, 5) is 2.58. The van der Waals surface area contributed by atoms with Gasteiger partial charge in [-0.3, -0.25) is 4.90 Å². The van der Waals surface area contributed by atoms with Gasteiger partial charge in [-0.1, -0.05) is 30.3 Å². The second-order valence-electron chi connectivity index (χ2n) is 5.52. The first-order chi connectivity index (χ1) is 8.66. The second-order valence-corrected chi connectivity index (χ2v) is 5.52. The van der Waals surface area contributed by atoms with Crippen LogP contribution in [0, 0.1) is 0 Å². The van der Waals surface area contributed by atoms with Crippen molar-refractivity contribution in [2.75, 3.05) is 33.2 Å². The average Bonchev–Trinajstić information content (AvgIpc) is 2.41. The van der Waals surface area contributed by atoms with Crippen molar-refractivity contribution in [3.8, 4) is 0 Å². The molecule has 0 radical (unpaired) electrons. The fraction of sp³-hybridized carbons (Fsp3) is 0.600. The quantitative estimate of drug-likeness (QED) is 0.847. The summed E-state index contributed by atoms with van der Waals surface area (Å²) in [7, 11) is 2.06. The maximum Gasteiger partial charge on any atom is 0.0499 e. The van der Waals surface area contributed by atoms with Crippen LogP contribution in [0.4, 0.5) is 0 Å². The number of piperazine rings is 1. The standard InChI is InChI=1S/C15H25N3/c1-15(2,18-11-9-17-10-12-18)14(16-3)13-7-5-4-6-8-13/h4-8,14,16-17H,9-12H2,1-3H3. The monoisotopic (exact) mass is 247 g/mol. The number of benzene rings is 1. The SMILES string of the molecule is CNC(c1ccccc1)C(C)(C)N1CCNCC1. The predicted octanol–water partition coefficient (Wildman–Crippen LogP) is 1.63. The molecule has 1 unspecified atom stereocenters. The molecular weight excluding hydrogens is 222 g/mol. The van der Waals surface area contributed by atoms with E-state index in [1.165, 1.54) is 5.56 Å². The number of likely N-dealkylation sites (N-methyl/N-ethyl adjacent to an activating group) is 1. The van der Waals surface area contributed by atoms with Crippen LogP contribution in [0.2, 0.25) is 0 Å². The molecule has 3 nitrogen and oxygen atoms in total. The van der Waals surface area contributed by atoms with Crippen LogP contribution >= 0.6 is 0 Å². The minimum absolute atomic E-state index is 0.123. The molecule has 0 bridgehead atoms. The lowest BCUT2D eigenvalue weighted by Crippen LogP contribution is -2.58. The third-order valence-corrected chi connectivity index (χ3v) is 4.06. The molecule has 1 aromatic carbocycles. The van der Waals surface area contributed by atoms with E-state index in [2.05, 4.69) is 66.8 Å². The van der Waals surface area contributed by atoms with Crippen LogP contribution in [-0.4, -0.2) is 43.7 Å². The molecule has 0 spiro atoms. The molecule has 1 atom stereocenters. The third kappa shape index (κ3) is 2.74. The van der Waals surface area contributed by atoms with E-state index in [9.17, 15) is 0 Å². The normalized spacial score (nSPS) is 19.7. The van der Waals surface area contributed by atoms with Gasteiger partial charge in [-0.05, 0) is 26.5 Å². The molecule has 0 aliphatic carbocycles. The summed E-state index contributed by atoms with van der Waals surface area (Å²) in [5.74, 6) is 0. The second kappa shape index (κ2) is 5.83. The Morgan fingerprint density at radius 3 is 2.33 bits per heavy atom. The lowest BCUT2D eigenvalue weighted by Gasteiger charge is -2.46. The van der Waals surface area contributed by atoms with Crippen molar-refractivity contribution in [2.24, 2.45) is 0 Å². The van der Waals surface area contributed by atoms with Gasteiger partial charge < -0.3 is 10.6 Å². The van der Waals surface area contributed by atoms with Crippen LogP contribution in [0.5, 0.6) is 0 Å². The molecule has 100 valence electrons. The predicted molar refractivity (Wildman–Crippen MR) is 76.8 cm³/mol. The number of rotatable bonds is 4. The first kappa shape index (κ1) is 13.5. The summed E-state index contributed by atoms with van der Waals surface area (Å²) in [6.45, 7) is 9.11. The lowest BCUT2D eigenvalue weighted by atomic mass is 9.86. The fourth-order valence-corrected chi connectivity index (χ4v) is 3.00. The van der Waals surface area contributed by atoms with Crippen LogP contribution in [0.25, 0.3) is 0 Å². The van der Waals surface area contributed by atoms with E-state index in [-0.39, 0.29) is 5.54 Å².